The molecular weight excluding hydrogens is 168 g/mol. The summed E-state index contributed by atoms with van der Waals surface area (Å²) in [6.45, 7) is 13.4. The molecule has 3 heteroatoms. The highest BCUT2D eigenvalue weighted by Crippen LogP contribution is 2.04. The van der Waals surface area contributed by atoms with Crippen LogP contribution in [0.4, 0.5) is 0 Å². The number of hydrogen-bond acceptors (Lipinski definition) is 2. The molecule has 1 atom stereocenters. The fraction of sp³-hybridized carbons (Fsp3) is 0.778. The van der Waals surface area contributed by atoms with Crippen molar-refractivity contribution in [2.75, 3.05) is 13.2 Å². The summed E-state index contributed by atoms with van der Waals surface area (Å²) >= 11 is 0. The molecule has 0 amide bonds. The van der Waals surface area contributed by atoms with Gasteiger partial charge in [0.05, 0.1) is 19.3 Å². The van der Waals surface area contributed by atoms with E-state index in [0.717, 1.165) is 0 Å². The van der Waals surface area contributed by atoms with Crippen LogP contribution in [-0.2, 0) is 9.16 Å². The minimum absolute atomic E-state index is 0.176. The number of rotatable bonds is 6. The van der Waals surface area contributed by atoms with Gasteiger partial charge in [-0.05, 0) is 26.6 Å². The molecule has 0 aromatic rings. The van der Waals surface area contributed by atoms with Gasteiger partial charge in [-0.1, -0.05) is 6.08 Å². The lowest BCUT2D eigenvalue weighted by atomic mass is 10.4. The van der Waals surface area contributed by atoms with Gasteiger partial charge in [-0.25, -0.2) is 0 Å². The van der Waals surface area contributed by atoms with Crippen LogP contribution >= 0.6 is 0 Å². The van der Waals surface area contributed by atoms with E-state index in [1.165, 1.54) is 0 Å². The molecule has 0 saturated carbocycles. The molecule has 0 aliphatic carbocycles. The number of hydrogen-bond donors (Lipinski definition) is 0. The standard InChI is InChI=1S/C9H20O2Si/c1-6-7-10-9(2)8-11-12(3,4)5/h6,9H,1,7-8H2,2-5H3. The Labute approximate surface area is 76.7 Å². The molecule has 0 bridgehead atoms. The lowest BCUT2D eigenvalue weighted by Crippen LogP contribution is -2.30. The van der Waals surface area contributed by atoms with E-state index in [9.17, 15) is 0 Å². The molecule has 0 heterocycles. The molecule has 0 N–H and O–H groups in total. The zero-order chi connectivity index (χ0) is 9.61. The summed E-state index contributed by atoms with van der Waals surface area (Å²) in [5.74, 6) is 0. The molecule has 72 valence electrons. The third-order valence-electron chi connectivity index (χ3n) is 1.25. The third kappa shape index (κ3) is 7.98. The molecule has 12 heavy (non-hydrogen) atoms. The first kappa shape index (κ1) is 11.9. The lowest BCUT2D eigenvalue weighted by molar-refractivity contribution is 0.0471. The van der Waals surface area contributed by atoms with Gasteiger partial charge in [0.2, 0.25) is 0 Å². The van der Waals surface area contributed by atoms with Crippen LogP contribution in [0.1, 0.15) is 6.92 Å². The lowest BCUT2D eigenvalue weighted by Gasteiger charge is -2.20. The van der Waals surface area contributed by atoms with Crippen LogP contribution < -0.4 is 0 Å². The third-order valence-corrected chi connectivity index (χ3v) is 2.28. The van der Waals surface area contributed by atoms with E-state index in [4.69, 9.17) is 9.16 Å². The largest absolute Gasteiger partial charge is 0.415 e. The van der Waals surface area contributed by atoms with Gasteiger partial charge in [0.25, 0.3) is 0 Å². The molecule has 0 radical (unpaired) electrons. The van der Waals surface area contributed by atoms with Crippen LogP contribution in [0.3, 0.4) is 0 Å². The van der Waals surface area contributed by atoms with E-state index in [0.29, 0.717) is 13.2 Å². The van der Waals surface area contributed by atoms with E-state index < -0.39 is 8.32 Å². The van der Waals surface area contributed by atoms with Gasteiger partial charge < -0.3 is 9.16 Å². The second kappa shape index (κ2) is 5.51. The molecule has 0 aliphatic rings. The Balaban J connectivity index is 3.43. The Bertz CT molecular complexity index is 129. The predicted molar refractivity (Wildman–Crippen MR) is 54.9 cm³/mol. The molecule has 0 spiro atoms. The summed E-state index contributed by atoms with van der Waals surface area (Å²) < 4.78 is 11.0. The molecule has 1 unspecified atom stereocenters. The Kier molecular flexibility index (Phi) is 5.45. The van der Waals surface area contributed by atoms with Crippen LogP contribution in [0, 0.1) is 0 Å². The van der Waals surface area contributed by atoms with Crippen molar-refractivity contribution in [2.45, 2.75) is 32.7 Å². The van der Waals surface area contributed by atoms with E-state index >= 15 is 0 Å². The summed E-state index contributed by atoms with van der Waals surface area (Å²) in [6.07, 6.45) is 1.93. The van der Waals surface area contributed by atoms with Crippen LogP contribution in [-0.4, -0.2) is 27.6 Å². The van der Waals surface area contributed by atoms with Gasteiger partial charge in [0, 0.05) is 0 Å². The second-order valence-corrected chi connectivity index (χ2v) is 8.37. The average molecular weight is 188 g/mol. The van der Waals surface area contributed by atoms with Crippen molar-refractivity contribution in [1.29, 1.82) is 0 Å². The van der Waals surface area contributed by atoms with Crippen LogP contribution in [0.15, 0.2) is 12.7 Å². The van der Waals surface area contributed by atoms with Crippen LogP contribution in [0.2, 0.25) is 19.6 Å². The first-order valence-electron chi connectivity index (χ1n) is 4.32. The molecule has 0 aliphatic heterocycles. The molecule has 0 saturated heterocycles. The second-order valence-electron chi connectivity index (χ2n) is 3.86. The van der Waals surface area contributed by atoms with Gasteiger partial charge in [0.1, 0.15) is 0 Å². The smallest absolute Gasteiger partial charge is 0.183 e. The molecule has 0 aromatic carbocycles. The topological polar surface area (TPSA) is 18.5 Å². The van der Waals surface area contributed by atoms with Gasteiger partial charge in [-0.3, -0.25) is 0 Å². The Morgan fingerprint density at radius 1 is 1.42 bits per heavy atom. The van der Waals surface area contributed by atoms with E-state index in [1.807, 2.05) is 6.92 Å². The molecule has 0 aromatic heterocycles. The maximum Gasteiger partial charge on any atom is 0.183 e. The van der Waals surface area contributed by atoms with Crippen molar-refractivity contribution in [1.82, 2.24) is 0 Å². The van der Waals surface area contributed by atoms with Crippen molar-refractivity contribution in [2.24, 2.45) is 0 Å². The highest BCUT2D eigenvalue weighted by atomic mass is 28.4. The van der Waals surface area contributed by atoms with E-state index in [1.54, 1.807) is 6.08 Å². The predicted octanol–water partition coefficient (Wildman–Crippen LogP) is 2.43. The Morgan fingerprint density at radius 2 is 2.00 bits per heavy atom. The maximum absolute atomic E-state index is 5.67. The van der Waals surface area contributed by atoms with Crippen molar-refractivity contribution < 1.29 is 9.16 Å². The van der Waals surface area contributed by atoms with Gasteiger partial charge in [0.15, 0.2) is 8.32 Å². The molecule has 0 rings (SSSR count). The molecule has 2 nitrogen and oxygen atoms in total. The summed E-state index contributed by atoms with van der Waals surface area (Å²) in [7, 11) is -1.37. The molecule has 0 fully saturated rings. The Hall–Kier alpha value is -0.123. The van der Waals surface area contributed by atoms with E-state index in [2.05, 4.69) is 26.2 Å². The van der Waals surface area contributed by atoms with Crippen molar-refractivity contribution in [3.8, 4) is 0 Å². The van der Waals surface area contributed by atoms with Crippen molar-refractivity contribution in [3.63, 3.8) is 0 Å². The normalized spacial score (nSPS) is 14.3. The minimum Gasteiger partial charge on any atom is -0.415 e. The fourth-order valence-corrected chi connectivity index (χ4v) is 1.38. The van der Waals surface area contributed by atoms with Crippen molar-refractivity contribution >= 4 is 8.32 Å². The average Bonchev–Trinajstić information content (AvgIpc) is 1.95. The maximum atomic E-state index is 5.67. The van der Waals surface area contributed by atoms with Gasteiger partial charge in [-0.15, -0.1) is 6.58 Å². The summed E-state index contributed by atoms with van der Waals surface area (Å²) in [5.41, 5.74) is 0. The number of ether oxygens (including phenoxy) is 1. The zero-order valence-corrected chi connectivity index (χ0v) is 9.59. The van der Waals surface area contributed by atoms with Crippen LogP contribution in [0.25, 0.3) is 0 Å². The first-order valence-corrected chi connectivity index (χ1v) is 7.73. The highest BCUT2D eigenvalue weighted by molar-refractivity contribution is 6.69. The summed E-state index contributed by atoms with van der Waals surface area (Å²) in [4.78, 5) is 0. The monoisotopic (exact) mass is 188 g/mol. The van der Waals surface area contributed by atoms with Gasteiger partial charge in [-0.2, -0.15) is 0 Å². The highest BCUT2D eigenvalue weighted by Gasteiger charge is 2.15. The first-order chi connectivity index (χ1) is 5.45. The van der Waals surface area contributed by atoms with Crippen LogP contribution in [0.5, 0.6) is 0 Å². The molecular formula is C9H20O2Si. The zero-order valence-electron chi connectivity index (χ0n) is 8.59. The Morgan fingerprint density at radius 3 is 2.42 bits per heavy atom. The van der Waals surface area contributed by atoms with Gasteiger partial charge >= 0.3 is 0 Å². The fourth-order valence-electron chi connectivity index (χ4n) is 0.648. The van der Waals surface area contributed by atoms with E-state index in [-0.39, 0.29) is 6.10 Å². The summed E-state index contributed by atoms with van der Waals surface area (Å²) in [6, 6.07) is 0. The quantitative estimate of drug-likeness (QED) is 0.471. The summed E-state index contributed by atoms with van der Waals surface area (Å²) in [5, 5.41) is 0. The van der Waals surface area contributed by atoms with Crippen molar-refractivity contribution in [3.05, 3.63) is 12.7 Å². The SMILES string of the molecule is C=CCOC(C)CO[Si](C)(C)C. The minimum atomic E-state index is -1.37.